The van der Waals surface area contributed by atoms with Crippen LogP contribution in [0.1, 0.15) is 26.1 Å². The van der Waals surface area contributed by atoms with Crippen molar-refractivity contribution in [3.63, 3.8) is 0 Å². The van der Waals surface area contributed by atoms with Gasteiger partial charge < -0.3 is 4.74 Å². The minimum absolute atomic E-state index is 0.0581. The van der Waals surface area contributed by atoms with E-state index in [1.54, 1.807) is 11.8 Å². The summed E-state index contributed by atoms with van der Waals surface area (Å²) in [5.41, 5.74) is 0. The van der Waals surface area contributed by atoms with Gasteiger partial charge in [-0.15, -0.1) is 0 Å². The van der Waals surface area contributed by atoms with Gasteiger partial charge in [0.05, 0.1) is 6.42 Å². The molecular formula is C10H17N3O2. The Labute approximate surface area is 89.5 Å². The number of carbonyl (C=O) groups excluding carboxylic acids is 1. The Kier molecular flexibility index (Phi) is 4.42. The number of Topliss-reactive ketones (excluding diaryl/α,β-unsaturated/α-hetero) is 1. The number of aryl methyl sites for hydroxylation is 1. The van der Waals surface area contributed by atoms with Crippen LogP contribution in [0.2, 0.25) is 0 Å². The van der Waals surface area contributed by atoms with Crippen molar-refractivity contribution in [1.29, 1.82) is 0 Å². The molecule has 0 radical (unpaired) electrons. The first-order chi connectivity index (χ1) is 7.22. The summed E-state index contributed by atoms with van der Waals surface area (Å²) in [7, 11) is 1.55. The van der Waals surface area contributed by atoms with E-state index in [1.807, 2.05) is 13.8 Å². The van der Waals surface area contributed by atoms with Crippen molar-refractivity contribution in [2.24, 2.45) is 0 Å². The van der Waals surface area contributed by atoms with E-state index in [4.69, 9.17) is 4.74 Å². The van der Waals surface area contributed by atoms with Crippen LogP contribution in [0.5, 0.6) is 0 Å². The maximum absolute atomic E-state index is 11.7. The van der Waals surface area contributed by atoms with Gasteiger partial charge in [0, 0.05) is 13.7 Å². The molecule has 1 heterocycles. The second kappa shape index (κ2) is 5.60. The molecule has 1 rings (SSSR count). The van der Waals surface area contributed by atoms with Gasteiger partial charge in [0.25, 0.3) is 0 Å². The smallest absolute Gasteiger partial charge is 0.169 e. The van der Waals surface area contributed by atoms with Gasteiger partial charge in [0.15, 0.2) is 5.78 Å². The molecule has 0 bridgehead atoms. The SMILES string of the molecule is CCC(OC)C(=O)Cc1ncnn1CC. The van der Waals surface area contributed by atoms with Crippen LogP contribution in [0.25, 0.3) is 0 Å². The summed E-state index contributed by atoms with van der Waals surface area (Å²) in [4.78, 5) is 15.8. The highest BCUT2D eigenvalue weighted by atomic mass is 16.5. The molecule has 0 aliphatic carbocycles. The van der Waals surface area contributed by atoms with Gasteiger partial charge in [0.1, 0.15) is 18.3 Å². The fraction of sp³-hybridized carbons (Fsp3) is 0.700. The van der Waals surface area contributed by atoms with Crippen LogP contribution in [-0.2, 0) is 22.5 Å². The zero-order valence-electron chi connectivity index (χ0n) is 9.43. The molecule has 0 saturated heterocycles. The van der Waals surface area contributed by atoms with E-state index in [1.165, 1.54) is 6.33 Å². The number of hydrogen-bond acceptors (Lipinski definition) is 4. The van der Waals surface area contributed by atoms with Crippen LogP contribution in [0, 0.1) is 0 Å². The zero-order chi connectivity index (χ0) is 11.3. The van der Waals surface area contributed by atoms with E-state index in [2.05, 4.69) is 10.1 Å². The molecule has 1 aromatic heterocycles. The molecule has 5 nitrogen and oxygen atoms in total. The minimum Gasteiger partial charge on any atom is -0.374 e. The molecule has 0 N–H and O–H groups in total. The number of ether oxygens (including phenoxy) is 1. The Morgan fingerprint density at radius 1 is 1.60 bits per heavy atom. The molecule has 0 fully saturated rings. The van der Waals surface area contributed by atoms with Crippen molar-refractivity contribution in [3.05, 3.63) is 12.2 Å². The molecule has 5 heteroatoms. The van der Waals surface area contributed by atoms with Gasteiger partial charge in [-0.2, -0.15) is 5.10 Å². The summed E-state index contributed by atoms with van der Waals surface area (Å²) in [5.74, 6) is 0.765. The monoisotopic (exact) mass is 211 g/mol. The van der Waals surface area contributed by atoms with Crippen LogP contribution in [-0.4, -0.2) is 33.8 Å². The van der Waals surface area contributed by atoms with Crippen molar-refractivity contribution in [2.45, 2.75) is 39.3 Å². The second-order valence-corrected chi connectivity index (χ2v) is 3.27. The lowest BCUT2D eigenvalue weighted by atomic mass is 10.1. The third-order valence-electron chi connectivity index (χ3n) is 2.34. The number of ketones is 1. The van der Waals surface area contributed by atoms with Gasteiger partial charge in [-0.1, -0.05) is 6.92 Å². The first-order valence-corrected chi connectivity index (χ1v) is 5.15. The van der Waals surface area contributed by atoms with E-state index in [0.717, 1.165) is 6.54 Å². The lowest BCUT2D eigenvalue weighted by Gasteiger charge is -2.11. The molecule has 0 spiro atoms. The Bertz CT molecular complexity index is 318. The number of aromatic nitrogens is 3. The highest BCUT2D eigenvalue weighted by Crippen LogP contribution is 2.04. The summed E-state index contributed by atoms with van der Waals surface area (Å²) in [5, 5.41) is 4.01. The van der Waals surface area contributed by atoms with Crippen LogP contribution < -0.4 is 0 Å². The summed E-state index contributed by atoms with van der Waals surface area (Å²) >= 11 is 0. The van der Waals surface area contributed by atoms with Gasteiger partial charge in [-0.05, 0) is 13.3 Å². The van der Waals surface area contributed by atoms with Crippen molar-refractivity contribution >= 4 is 5.78 Å². The molecular weight excluding hydrogens is 194 g/mol. The lowest BCUT2D eigenvalue weighted by Crippen LogP contribution is -2.25. The molecule has 1 unspecified atom stereocenters. The first kappa shape index (κ1) is 11.8. The largest absolute Gasteiger partial charge is 0.374 e. The van der Waals surface area contributed by atoms with Crippen LogP contribution in [0.3, 0.4) is 0 Å². The minimum atomic E-state index is -0.327. The van der Waals surface area contributed by atoms with Gasteiger partial charge in [0.2, 0.25) is 0 Å². The van der Waals surface area contributed by atoms with E-state index in [0.29, 0.717) is 18.7 Å². The Balaban J connectivity index is 2.65. The van der Waals surface area contributed by atoms with Crippen molar-refractivity contribution < 1.29 is 9.53 Å². The lowest BCUT2D eigenvalue weighted by molar-refractivity contribution is -0.128. The van der Waals surface area contributed by atoms with Crippen LogP contribution >= 0.6 is 0 Å². The Morgan fingerprint density at radius 3 is 2.87 bits per heavy atom. The van der Waals surface area contributed by atoms with E-state index >= 15 is 0 Å². The normalized spacial score (nSPS) is 12.7. The molecule has 0 amide bonds. The van der Waals surface area contributed by atoms with Crippen LogP contribution in [0.15, 0.2) is 6.33 Å². The third kappa shape index (κ3) is 2.86. The zero-order valence-corrected chi connectivity index (χ0v) is 9.43. The Morgan fingerprint density at radius 2 is 2.33 bits per heavy atom. The summed E-state index contributed by atoms with van der Waals surface area (Å²) in [6, 6.07) is 0. The fourth-order valence-corrected chi connectivity index (χ4v) is 1.48. The van der Waals surface area contributed by atoms with Crippen molar-refractivity contribution in [3.8, 4) is 0 Å². The van der Waals surface area contributed by atoms with Crippen molar-refractivity contribution in [2.75, 3.05) is 7.11 Å². The molecule has 0 saturated carbocycles. The highest BCUT2D eigenvalue weighted by Gasteiger charge is 2.18. The third-order valence-corrected chi connectivity index (χ3v) is 2.34. The standard InChI is InChI=1S/C10H17N3O2/c1-4-9(15-3)8(14)6-10-11-7-12-13(10)5-2/h7,9H,4-6H2,1-3H3. The predicted molar refractivity (Wildman–Crippen MR) is 55.5 cm³/mol. The predicted octanol–water partition coefficient (Wildman–Crippen LogP) is 0.835. The molecule has 1 aromatic rings. The molecule has 15 heavy (non-hydrogen) atoms. The summed E-state index contributed by atoms with van der Waals surface area (Å²) in [6.07, 6.45) is 2.13. The first-order valence-electron chi connectivity index (χ1n) is 5.15. The van der Waals surface area contributed by atoms with E-state index < -0.39 is 0 Å². The number of carbonyl (C=O) groups is 1. The van der Waals surface area contributed by atoms with Gasteiger partial charge in [-0.25, -0.2) is 9.67 Å². The maximum Gasteiger partial charge on any atom is 0.169 e. The molecule has 0 aliphatic rings. The highest BCUT2D eigenvalue weighted by molar-refractivity contribution is 5.84. The summed E-state index contributed by atoms with van der Waals surface area (Å²) in [6.45, 7) is 4.62. The average Bonchev–Trinajstić information content (AvgIpc) is 2.67. The molecule has 0 aromatic carbocycles. The summed E-state index contributed by atoms with van der Waals surface area (Å²) < 4.78 is 6.80. The van der Waals surface area contributed by atoms with Crippen molar-refractivity contribution in [1.82, 2.24) is 14.8 Å². The van der Waals surface area contributed by atoms with Crippen LogP contribution in [0.4, 0.5) is 0 Å². The Hall–Kier alpha value is -1.23. The molecule has 0 aliphatic heterocycles. The van der Waals surface area contributed by atoms with E-state index in [-0.39, 0.29) is 11.9 Å². The van der Waals surface area contributed by atoms with E-state index in [9.17, 15) is 4.79 Å². The number of nitrogens with zero attached hydrogens (tertiary/aromatic N) is 3. The number of hydrogen-bond donors (Lipinski definition) is 0. The molecule has 1 atom stereocenters. The topological polar surface area (TPSA) is 57.0 Å². The molecule has 84 valence electrons. The maximum atomic E-state index is 11.7. The number of rotatable bonds is 6. The number of methoxy groups -OCH3 is 1. The quantitative estimate of drug-likeness (QED) is 0.699. The fourth-order valence-electron chi connectivity index (χ4n) is 1.48. The second-order valence-electron chi connectivity index (χ2n) is 3.27. The average molecular weight is 211 g/mol. The van der Waals surface area contributed by atoms with Gasteiger partial charge >= 0.3 is 0 Å². The van der Waals surface area contributed by atoms with Gasteiger partial charge in [-0.3, -0.25) is 4.79 Å².